The minimum atomic E-state index is 0.0245. The first-order chi connectivity index (χ1) is 12.1. The maximum atomic E-state index is 5.97. The van der Waals surface area contributed by atoms with E-state index in [2.05, 4.69) is 15.6 Å². The van der Waals surface area contributed by atoms with Gasteiger partial charge >= 0.3 is 0 Å². The first-order valence-corrected chi connectivity index (χ1v) is 8.42. The van der Waals surface area contributed by atoms with E-state index in [1.807, 2.05) is 62.4 Å². The Bertz CT molecular complexity index is 701. The van der Waals surface area contributed by atoms with Crippen LogP contribution in [0.5, 0.6) is 11.5 Å². The van der Waals surface area contributed by atoms with E-state index in [1.54, 1.807) is 14.2 Å². The van der Waals surface area contributed by atoms with Crippen LogP contribution < -0.4 is 20.1 Å². The number of aliphatic imine (C=N–C) groups is 1. The number of rotatable bonds is 7. The molecule has 0 spiro atoms. The molecule has 0 saturated carbocycles. The summed E-state index contributed by atoms with van der Waals surface area (Å²) >= 11 is 0. The molecule has 25 heavy (non-hydrogen) atoms. The fourth-order valence-electron chi connectivity index (χ4n) is 2.38. The maximum absolute atomic E-state index is 5.97. The highest BCUT2D eigenvalue weighted by Crippen LogP contribution is 2.17. The lowest BCUT2D eigenvalue weighted by atomic mass is 10.2. The topological polar surface area (TPSA) is 54.9 Å². The maximum Gasteiger partial charge on any atom is 0.191 e. The van der Waals surface area contributed by atoms with Crippen LogP contribution in [0.4, 0.5) is 0 Å². The molecule has 0 aliphatic carbocycles. The standard InChI is InChI=1S/C20H27N3O2/c1-15-8-5-6-11-19(15)25-16(2)13-22-20(21-3)23-14-17-9-7-10-18(12-17)24-4/h5-12,16H,13-14H2,1-4H3,(H2,21,22,23). The van der Waals surface area contributed by atoms with Crippen molar-refractivity contribution in [1.29, 1.82) is 0 Å². The van der Waals surface area contributed by atoms with Gasteiger partial charge in [0.2, 0.25) is 0 Å². The summed E-state index contributed by atoms with van der Waals surface area (Å²) in [6.45, 7) is 5.41. The number of aryl methyl sites for hydroxylation is 1. The summed E-state index contributed by atoms with van der Waals surface area (Å²) < 4.78 is 11.2. The van der Waals surface area contributed by atoms with Gasteiger partial charge in [-0.1, -0.05) is 30.3 Å². The predicted octanol–water partition coefficient (Wildman–Crippen LogP) is 3.14. The van der Waals surface area contributed by atoms with Crippen molar-refractivity contribution in [2.45, 2.75) is 26.5 Å². The molecule has 0 aliphatic rings. The highest BCUT2D eigenvalue weighted by molar-refractivity contribution is 5.79. The molecular weight excluding hydrogens is 314 g/mol. The second-order valence-electron chi connectivity index (χ2n) is 5.85. The SMILES string of the molecule is CN=C(NCc1cccc(OC)c1)NCC(C)Oc1ccccc1C. The van der Waals surface area contributed by atoms with E-state index in [1.165, 1.54) is 0 Å². The second kappa shape index (κ2) is 9.57. The van der Waals surface area contributed by atoms with Gasteiger partial charge in [0.05, 0.1) is 13.7 Å². The summed E-state index contributed by atoms with van der Waals surface area (Å²) in [4.78, 5) is 4.25. The van der Waals surface area contributed by atoms with Gasteiger partial charge in [0, 0.05) is 13.6 Å². The first kappa shape index (κ1) is 18.6. The largest absolute Gasteiger partial charge is 0.497 e. The molecule has 0 saturated heterocycles. The molecule has 2 aromatic carbocycles. The summed E-state index contributed by atoms with van der Waals surface area (Å²) in [7, 11) is 3.43. The van der Waals surface area contributed by atoms with Gasteiger partial charge < -0.3 is 20.1 Å². The monoisotopic (exact) mass is 341 g/mol. The van der Waals surface area contributed by atoms with E-state index in [9.17, 15) is 0 Å². The molecule has 2 N–H and O–H groups in total. The summed E-state index contributed by atoms with van der Waals surface area (Å²) in [5, 5.41) is 6.59. The number of ether oxygens (including phenoxy) is 2. The van der Waals surface area contributed by atoms with Crippen molar-refractivity contribution >= 4 is 5.96 Å². The quantitative estimate of drug-likeness (QED) is 0.600. The molecule has 0 fully saturated rings. The van der Waals surface area contributed by atoms with Crippen molar-refractivity contribution in [1.82, 2.24) is 10.6 Å². The molecule has 0 aliphatic heterocycles. The number of para-hydroxylation sites is 1. The van der Waals surface area contributed by atoms with E-state index in [0.717, 1.165) is 28.6 Å². The van der Waals surface area contributed by atoms with Gasteiger partial charge in [0.25, 0.3) is 0 Å². The van der Waals surface area contributed by atoms with Crippen LogP contribution in [0.2, 0.25) is 0 Å². The summed E-state index contributed by atoms with van der Waals surface area (Å²) in [5.41, 5.74) is 2.27. The fourth-order valence-corrected chi connectivity index (χ4v) is 2.38. The van der Waals surface area contributed by atoms with Crippen molar-refractivity contribution < 1.29 is 9.47 Å². The van der Waals surface area contributed by atoms with Gasteiger partial charge in [-0.05, 0) is 43.2 Å². The Hall–Kier alpha value is -2.69. The first-order valence-electron chi connectivity index (χ1n) is 8.42. The number of benzene rings is 2. The molecule has 2 aromatic rings. The normalized spacial score (nSPS) is 12.4. The van der Waals surface area contributed by atoms with Crippen LogP contribution in [-0.4, -0.2) is 32.8 Å². The average molecular weight is 341 g/mol. The molecule has 1 unspecified atom stereocenters. The molecule has 0 bridgehead atoms. The van der Waals surface area contributed by atoms with Crippen LogP contribution in [0.3, 0.4) is 0 Å². The van der Waals surface area contributed by atoms with Gasteiger partial charge in [-0.3, -0.25) is 4.99 Å². The highest BCUT2D eigenvalue weighted by atomic mass is 16.5. The fraction of sp³-hybridized carbons (Fsp3) is 0.350. The van der Waals surface area contributed by atoms with Crippen LogP contribution in [0.1, 0.15) is 18.1 Å². The molecule has 0 radical (unpaired) electrons. The zero-order valence-electron chi connectivity index (χ0n) is 15.4. The number of nitrogens with one attached hydrogen (secondary N) is 2. The van der Waals surface area contributed by atoms with Crippen molar-refractivity contribution in [2.75, 3.05) is 20.7 Å². The number of hydrogen-bond acceptors (Lipinski definition) is 3. The molecule has 1 atom stereocenters. The van der Waals surface area contributed by atoms with Crippen molar-refractivity contribution in [3.05, 3.63) is 59.7 Å². The number of hydrogen-bond donors (Lipinski definition) is 2. The van der Waals surface area contributed by atoms with Crippen LogP contribution in [0.15, 0.2) is 53.5 Å². The molecule has 0 amide bonds. The Labute approximate surface area is 150 Å². The third-order valence-corrected chi connectivity index (χ3v) is 3.80. The predicted molar refractivity (Wildman–Crippen MR) is 102 cm³/mol. The molecule has 134 valence electrons. The van der Waals surface area contributed by atoms with Crippen LogP contribution in [0, 0.1) is 6.92 Å². The summed E-state index contributed by atoms with van der Waals surface area (Å²) in [6, 6.07) is 16.0. The lowest BCUT2D eigenvalue weighted by molar-refractivity contribution is 0.222. The molecule has 2 rings (SSSR count). The Morgan fingerprint density at radius 2 is 1.92 bits per heavy atom. The Balaban J connectivity index is 1.80. The lowest BCUT2D eigenvalue weighted by Crippen LogP contribution is -2.41. The zero-order valence-corrected chi connectivity index (χ0v) is 15.4. The Morgan fingerprint density at radius 3 is 2.64 bits per heavy atom. The molecule has 0 heterocycles. The number of methoxy groups -OCH3 is 1. The van der Waals surface area contributed by atoms with Crippen LogP contribution in [-0.2, 0) is 6.54 Å². The van der Waals surface area contributed by atoms with Gasteiger partial charge in [-0.25, -0.2) is 0 Å². The summed E-state index contributed by atoms with van der Waals surface area (Å²) in [5.74, 6) is 2.50. The lowest BCUT2D eigenvalue weighted by Gasteiger charge is -2.19. The van der Waals surface area contributed by atoms with Gasteiger partial charge in [-0.15, -0.1) is 0 Å². The second-order valence-corrected chi connectivity index (χ2v) is 5.85. The van der Waals surface area contributed by atoms with E-state index in [-0.39, 0.29) is 6.10 Å². The number of guanidine groups is 1. The van der Waals surface area contributed by atoms with Gasteiger partial charge in [0.15, 0.2) is 5.96 Å². The zero-order chi connectivity index (χ0) is 18.1. The molecular formula is C20H27N3O2. The average Bonchev–Trinajstić information content (AvgIpc) is 2.64. The Kier molecular flexibility index (Phi) is 7.14. The van der Waals surface area contributed by atoms with Gasteiger partial charge in [-0.2, -0.15) is 0 Å². The van der Waals surface area contributed by atoms with E-state index >= 15 is 0 Å². The van der Waals surface area contributed by atoms with E-state index < -0.39 is 0 Å². The van der Waals surface area contributed by atoms with Gasteiger partial charge in [0.1, 0.15) is 17.6 Å². The molecule has 5 nitrogen and oxygen atoms in total. The summed E-state index contributed by atoms with van der Waals surface area (Å²) in [6.07, 6.45) is 0.0245. The van der Waals surface area contributed by atoms with E-state index in [4.69, 9.17) is 9.47 Å². The van der Waals surface area contributed by atoms with Crippen molar-refractivity contribution in [3.8, 4) is 11.5 Å². The van der Waals surface area contributed by atoms with Crippen LogP contribution in [0.25, 0.3) is 0 Å². The van der Waals surface area contributed by atoms with Crippen molar-refractivity contribution in [3.63, 3.8) is 0 Å². The third kappa shape index (κ3) is 6.03. The number of nitrogens with zero attached hydrogens (tertiary/aromatic N) is 1. The van der Waals surface area contributed by atoms with Crippen LogP contribution >= 0.6 is 0 Å². The Morgan fingerprint density at radius 1 is 1.12 bits per heavy atom. The van der Waals surface area contributed by atoms with Crippen molar-refractivity contribution in [2.24, 2.45) is 4.99 Å². The smallest absolute Gasteiger partial charge is 0.191 e. The molecule has 5 heteroatoms. The third-order valence-electron chi connectivity index (χ3n) is 3.80. The minimum absolute atomic E-state index is 0.0245. The highest BCUT2D eigenvalue weighted by Gasteiger charge is 2.07. The minimum Gasteiger partial charge on any atom is -0.497 e. The van der Waals surface area contributed by atoms with E-state index in [0.29, 0.717) is 13.1 Å². The molecule has 0 aromatic heterocycles.